The number of hydrogen-bond acceptors (Lipinski definition) is 13. The SMILES string of the molecule is CCCc1nc(C(C)(C)O)c(C(=O)OC(C)OC(=O)O[C@H]2CO[C@H]3[C@@H]2OC[C@@H]3O)n1Cc1ccc(-c2ccccc2-c2nn[nH]n2)cc1. The lowest BCUT2D eigenvalue weighted by atomic mass is 9.98. The molecule has 0 saturated carbocycles. The molecule has 15 heteroatoms. The third-order valence-corrected chi connectivity index (χ3v) is 8.18. The quantitative estimate of drug-likeness (QED) is 0.157. The van der Waals surface area contributed by atoms with E-state index in [4.69, 9.17) is 23.7 Å². The molecule has 0 aliphatic carbocycles. The molecule has 48 heavy (non-hydrogen) atoms. The number of carbonyl (C=O) groups is 2. The number of aryl methyl sites for hydroxylation is 1. The summed E-state index contributed by atoms with van der Waals surface area (Å²) >= 11 is 0. The van der Waals surface area contributed by atoms with Crippen LogP contribution >= 0.6 is 0 Å². The van der Waals surface area contributed by atoms with Crippen molar-refractivity contribution >= 4 is 12.1 Å². The lowest BCUT2D eigenvalue weighted by molar-refractivity contribution is -0.0993. The number of aromatic nitrogens is 6. The Kier molecular flexibility index (Phi) is 9.55. The smallest absolute Gasteiger partial charge is 0.426 e. The van der Waals surface area contributed by atoms with Gasteiger partial charge in [-0.25, -0.2) is 14.6 Å². The summed E-state index contributed by atoms with van der Waals surface area (Å²) in [5.41, 5.74) is 2.25. The highest BCUT2D eigenvalue weighted by Gasteiger charge is 2.49. The molecule has 2 saturated heterocycles. The number of carbonyl (C=O) groups excluding carboxylic acids is 2. The standard InChI is InChI=1S/C33H38N6O9/c1-5-8-25-34-29(33(3,4)43)26(31(41)46-18(2)47-32(42)48-24-17-45-27-23(40)16-44-28(24)27)39(25)15-19-11-13-20(14-12-19)21-9-6-7-10-22(21)30-35-37-38-36-30/h6-7,9-14,18,23-24,27-28,40,43H,5,8,15-17H2,1-4H3,(H,35,36,37,38)/t18?,23-,24-,27+,28+/m0/s1. The minimum Gasteiger partial charge on any atom is -0.426 e. The first-order chi connectivity index (χ1) is 23.0. The maximum Gasteiger partial charge on any atom is 0.511 e. The first kappa shape index (κ1) is 33.2. The summed E-state index contributed by atoms with van der Waals surface area (Å²) < 4.78 is 28.8. The van der Waals surface area contributed by atoms with Gasteiger partial charge in [0.05, 0.1) is 13.2 Å². The molecule has 2 aromatic heterocycles. The van der Waals surface area contributed by atoms with Gasteiger partial charge in [0, 0.05) is 25.5 Å². The number of rotatable bonds is 11. The molecular formula is C33H38N6O9. The summed E-state index contributed by atoms with van der Waals surface area (Å²) in [5, 5.41) is 35.4. The minimum absolute atomic E-state index is 0.0380. The molecule has 1 unspecified atom stereocenters. The Morgan fingerprint density at radius 1 is 1.06 bits per heavy atom. The molecule has 6 rings (SSSR count). The number of imidazole rings is 1. The third kappa shape index (κ3) is 6.94. The Hall–Kier alpha value is -4.70. The number of aromatic amines is 1. The fourth-order valence-electron chi connectivity index (χ4n) is 5.96. The van der Waals surface area contributed by atoms with Crippen molar-refractivity contribution in [3.8, 4) is 22.5 Å². The van der Waals surface area contributed by atoms with Gasteiger partial charge >= 0.3 is 12.1 Å². The molecule has 254 valence electrons. The third-order valence-electron chi connectivity index (χ3n) is 8.18. The van der Waals surface area contributed by atoms with Gasteiger partial charge < -0.3 is 38.5 Å². The summed E-state index contributed by atoms with van der Waals surface area (Å²) in [7, 11) is 0. The number of H-pyrrole nitrogens is 1. The van der Waals surface area contributed by atoms with Crippen LogP contribution in [0.15, 0.2) is 48.5 Å². The van der Waals surface area contributed by atoms with E-state index in [1.165, 1.54) is 6.92 Å². The molecule has 0 radical (unpaired) electrons. The van der Waals surface area contributed by atoms with Gasteiger partial charge in [-0.05, 0) is 42.2 Å². The predicted octanol–water partition coefficient (Wildman–Crippen LogP) is 3.14. The van der Waals surface area contributed by atoms with Gasteiger partial charge in [-0.2, -0.15) is 5.21 Å². The average Bonchev–Trinajstić information content (AvgIpc) is 3.85. The normalized spacial score (nSPS) is 21.1. The Bertz CT molecular complexity index is 1740. The largest absolute Gasteiger partial charge is 0.511 e. The van der Waals surface area contributed by atoms with E-state index in [0.717, 1.165) is 28.7 Å². The van der Waals surface area contributed by atoms with Gasteiger partial charge in [0.15, 0.2) is 11.8 Å². The zero-order chi connectivity index (χ0) is 34.0. The van der Waals surface area contributed by atoms with Crippen LogP contribution in [0.5, 0.6) is 0 Å². The van der Waals surface area contributed by atoms with Crippen molar-refractivity contribution in [1.29, 1.82) is 0 Å². The fraction of sp³-hybridized carbons (Fsp3) is 0.455. The van der Waals surface area contributed by atoms with Crippen LogP contribution in [0, 0.1) is 0 Å². The van der Waals surface area contributed by atoms with E-state index in [-0.39, 0.29) is 31.1 Å². The van der Waals surface area contributed by atoms with Crippen molar-refractivity contribution in [2.45, 2.75) is 83.4 Å². The van der Waals surface area contributed by atoms with E-state index in [1.807, 2.05) is 55.5 Å². The van der Waals surface area contributed by atoms with Gasteiger partial charge in [-0.1, -0.05) is 55.5 Å². The molecule has 15 nitrogen and oxygen atoms in total. The van der Waals surface area contributed by atoms with Gasteiger partial charge in [0.2, 0.25) is 12.1 Å². The van der Waals surface area contributed by atoms with Crippen molar-refractivity contribution in [3.63, 3.8) is 0 Å². The Labute approximate surface area is 276 Å². The Balaban J connectivity index is 1.21. The van der Waals surface area contributed by atoms with E-state index >= 15 is 0 Å². The summed E-state index contributed by atoms with van der Waals surface area (Å²) in [4.78, 5) is 31.0. The van der Waals surface area contributed by atoms with Crippen molar-refractivity contribution in [2.24, 2.45) is 0 Å². The first-order valence-corrected chi connectivity index (χ1v) is 15.8. The maximum absolute atomic E-state index is 13.7. The maximum atomic E-state index is 13.7. The van der Waals surface area contributed by atoms with Crippen LogP contribution in [-0.4, -0.2) is 96.4 Å². The molecule has 2 fully saturated rings. The number of nitrogens with zero attached hydrogens (tertiary/aromatic N) is 5. The summed E-state index contributed by atoms with van der Waals surface area (Å²) in [5.74, 6) is 0.241. The van der Waals surface area contributed by atoms with E-state index in [0.29, 0.717) is 18.1 Å². The average molecular weight is 663 g/mol. The lowest BCUT2D eigenvalue weighted by Gasteiger charge is -2.21. The number of tetrazole rings is 1. The number of aliphatic hydroxyl groups is 2. The van der Waals surface area contributed by atoms with Crippen LogP contribution in [0.1, 0.15) is 61.7 Å². The topological polar surface area (TPSA) is 193 Å². The van der Waals surface area contributed by atoms with Crippen LogP contribution in [-0.2, 0) is 42.3 Å². The molecule has 4 aromatic rings. The highest BCUT2D eigenvalue weighted by Crippen LogP contribution is 2.32. The molecule has 5 atom stereocenters. The minimum atomic E-state index is -1.49. The molecule has 0 spiro atoms. The summed E-state index contributed by atoms with van der Waals surface area (Å²) in [6, 6.07) is 15.6. The highest BCUT2D eigenvalue weighted by molar-refractivity contribution is 5.89. The highest BCUT2D eigenvalue weighted by atomic mass is 16.8. The second-order valence-corrected chi connectivity index (χ2v) is 12.3. The second-order valence-electron chi connectivity index (χ2n) is 12.3. The predicted molar refractivity (Wildman–Crippen MR) is 167 cm³/mol. The monoisotopic (exact) mass is 662 g/mol. The number of fused-ring (bicyclic) bond motifs is 1. The molecule has 0 bridgehead atoms. The molecular weight excluding hydrogens is 624 g/mol. The van der Waals surface area contributed by atoms with Crippen LogP contribution in [0.25, 0.3) is 22.5 Å². The number of nitrogens with one attached hydrogen (secondary N) is 1. The van der Waals surface area contributed by atoms with Crippen molar-refractivity contribution in [2.75, 3.05) is 13.2 Å². The first-order valence-electron chi connectivity index (χ1n) is 15.8. The number of hydrogen-bond donors (Lipinski definition) is 3. The molecule has 2 aliphatic heterocycles. The lowest BCUT2D eigenvalue weighted by Crippen LogP contribution is -2.35. The van der Waals surface area contributed by atoms with Crippen molar-refractivity contribution < 1.29 is 43.5 Å². The van der Waals surface area contributed by atoms with Crippen molar-refractivity contribution in [1.82, 2.24) is 30.2 Å². The number of aliphatic hydroxyl groups excluding tert-OH is 1. The van der Waals surface area contributed by atoms with Crippen molar-refractivity contribution in [3.05, 3.63) is 71.3 Å². The number of benzene rings is 2. The molecule has 4 heterocycles. The van der Waals surface area contributed by atoms with E-state index in [9.17, 15) is 19.8 Å². The van der Waals surface area contributed by atoms with Crippen LogP contribution in [0.3, 0.4) is 0 Å². The van der Waals surface area contributed by atoms with Gasteiger partial charge in [0.1, 0.15) is 35.4 Å². The number of ether oxygens (including phenoxy) is 5. The molecule has 0 amide bonds. The molecule has 2 aromatic carbocycles. The van der Waals surface area contributed by atoms with Crippen LogP contribution in [0.2, 0.25) is 0 Å². The molecule has 2 aliphatic rings. The van der Waals surface area contributed by atoms with Crippen LogP contribution in [0.4, 0.5) is 4.79 Å². The van der Waals surface area contributed by atoms with E-state index in [2.05, 4.69) is 25.6 Å². The number of esters is 1. The van der Waals surface area contributed by atoms with Gasteiger partial charge in [0.25, 0.3) is 0 Å². The van der Waals surface area contributed by atoms with Crippen LogP contribution < -0.4 is 0 Å². The van der Waals surface area contributed by atoms with Gasteiger partial charge in [-0.15, -0.1) is 10.2 Å². The zero-order valence-corrected chi connectivity index (χ0v) is 27.0. The summed E-state index contributed by atoms with van der Waals surface area (Å²) in [6.07, 6.45) is -3.93. The Morgan fingerprint density at radius 2 is 1.79 bits per heavy atom. The molecule has 3 N–H and O–H groups in total. The van der Waals surface area contributed by atoms with E-state index in [1.54, 1.807) is 18.4 Å². The fourth-order valence-corrected chi connectivity index (χ4v) is 5.96. The van der Waals surface area contributed by atoms with Gasteiger partial charge in [-0.3, -0.25) is 0 Å². The summed E-state index contributed by atoms with van der Waals surface area (Å²) in [6.45, 7) is 6.82. The second kappa shape index (κ2) is 13.8. The van der Waals surface area contributed by atoms with E-state index < -0.39 is 48.4 Å². The Morgan fingerprint density at radius 3 is 2.48 bits per heavy atom. The zero-order valence-electron chi connectivity index (χ0n) is 27.0.